The molecule has 0 atom stereocenters. The molecule has 1 aliphatic rings. The summed E-state index contributed by atoms with van der Waals surface area (Å²) in [5.41, 5.74) is 24.0. The average molecular weight is 983 g/mol. The number of hydrogen-bond donors (Lipinski definition) is 0. The Morgan fingerprint density at radius 1 is 0.273 bits per heavy atom. The number of benzene rings is 11. The summed E-state index contributed by atoms with van der Waals surface area (Å²) >= 11 is 0. The van der Waals surface area contributed by atoms with E-state index in [2.05, 4.69) is 290 Å². The second kappa shape index (κ2) is 17.6. The predicted octanol–water partition coefficient (Wildman–Crippen LogP) is 19.0. The molecule has 0 fully saturated rings. The van der Waals surface area contributed by atoms with Gasteiger partial charge in [0, 0.05) is 55.0 Å². The van der Waals surface area contributed by atoms with E-state index in [0.717, 1.165) is 61.5 Å². The molecule has 77 heavy (non-hydrogen) atoms. The fourth-order valence-electron chi connectivity index (χ4n) is 12.3. The van der Waals surface area contributed by atoms with E-state index in [1.165, 1.54) is 77.2 Å². The molecule has 0 saturated heterocycles. The Morgan fingerprint density at radius 3 is 1.42 bits per heavy atom. The van der Waals surface area contributed by atoms with Crippen LogP contribution in [0.5, 0.6) is 0 Å². The van der Waals surface area contributed by atoms with Gasteiger partial charge in [-0.05, 0) is 116 Å². The number of hydrogen-bond acceptors (Lipinski definition) is 2. The highest BCUT2D eigenvalue weighted by Crippen LogP contribution is 2.50. The molecule has 0 radical (unpaired) electrons. The molecule has 11 aromatic carbocycles. The molecular formula is C73H50N4. The quantitative estimate of drug-likeness (QED) is 0.152. The van der Waals surface area contributed by atoms with Crippen LogP contribution in [0.25, 0.3) is 133 Å². The number of aromatic nitrogens is 4. The summed E-state index contributed by atoms with van der Waals surface area (Å²) in [6.07, 6.45) is 0. The largest absolute Gasteiger partial charge is 0.309 e. The van der Waals surface area contributed by atoms with Gasteiger partial charge in [-0.3, -0.25) is 0 Å². The Labute approximate surface area is 447 Å². The number of para-hydroxylation sites is 2. The van der Waals surface area contributed by atoms with Gasteiger partial charge >= 0.3 is 0 Å². The van der Waals surface area contributed by atoms with Crippen molar-refractivity contribution >= 4 is 43.6 Å². The standard InChI is InChI=1S/C73H50N4/c1-73(2)64-25-12-9-22-58(64)59-40-38-57(45-65(59)73)76-69-27-14-11-24-61(69)63-43-53(37-41-70(63)76)54-36-39-62-60-23-10-13-26-68(60)77(71(62)44-54)56-21-15-20-55(42-56)72-74-66(51-32-28-49(29-33-51)47-16-5-3-6-17-47)46-67(75-72)52-34-30-50(31-35-52)48-18-7-4-8-19-48/h3-46H,1-2H3. The maximum atomic E-state index is 5.34. The average Bonchev–Trinajstić information content (AvgIpc) is 4.23. The first-order chi connectivity index (χ1) is 37.9. The molecule has 3 heterocycles. The van der Waals surface area contributed by atoms with E-state index in [-0.39, 0.29) is 5.41 Å². The van der Waals surface area contributed by atoms with E-state index in [9.17, 15) is 0 Å². The maximum absolute atomic E-state index is 5.34. The molecule has 4 heteroatoms. The molecule has 14 aromatic rings. The first kappa shape index (κ1) is 44.6. The molecule has 15 rings (SSSR count). The van der Waals surface area contributed by atoms with Crippen LogP contribution in [0.15, 0.2) is 267 Å². The first-order valence-corrected chi connectivity index (χ1v) is 26.5. The molecule has 0 unspecified atom stereocenters. The topological polar surface area (TPSA) is 35.6 Å². The summed E-state index contributed by atoms with van der Waals surface area (Å²) in [6, 6.07) is 96.8. The molecular weight excluding hydrogens is 933 g/mol. The van der Waals surface area contributed by atoms with Gasteiger partial charge in [0.15, 0.2) is 5.82 Å². The van der Waals surface area contributed by atoms with Crippen molar-refractivity contribution in [3.05, 3.63) is 278 Å². The Balaban J connectivity index is 0.839. The summed E-state index contributed by atoms with van der Waals surface area (Å²) in [5.74, 6) is 0.668. The summed E-state index contributed by atoms with van der Waals surface area (Å²) in [7, 11) is 0. The molecule has 0 amide bonds. The first-order valence-electron chi connectivity index (χ1n) is 26.5. The fraction of sp³-hybridized carbons (Fsp3) is 0.0411. The van der Waals surface area contributed by atoms with Crippen molar-refractivity contribution in [2.24, 2.45) is 0 Å². The minimum absolute atomic E-state index is 0.0914. The third kappa shape index (κ3) is 7.36. The molecule has 0 N–H and O–H groups in total. The minimum atomic E-state index is -0.0914. The van der Waals surface area contributed by atoms with Crippen LogP contribution in [0.3, 0.4) is 0 Å². The zero-order valence-corrected chi connectivity index (χ0v) is 42.7. The van der Waals surface area contributed by atoms with Gasteiger partial charge in [0.25, 0.3) is 0 Å². The summed E-state index contributed by atoms with van der Waals surface area (Å²) in [4.78, 5) is 10.7. The molecule has 0 saturated carbocycles. The summed E-state index contributed by atoms with van der Waals surface area (Å²) in [5, 5.41) is 4.88. The Morgan fingerprint density at radius 2 is 0.740 bits per heavy atom. The Kier molecular flexibility index (Phi) is 10.2. The van der Waals surface area contributed by atoms with Gasteiger partial charge in [-0.1, -0.05) is 220 Å². The highest BCUT2D eigenvalue weighted by atomic mass is 15.0. The van der Waals surface area contributed by atoms with E-state index in [1.54, 1.807) is 0 Å². The maximum Gasteiger partial charge on any atom is 0.160 e. The monoisotopic (exact) mass is 982 g/mol. The highest BCUT2D eigenvalue weighted by Gasteiger charge is 2.35. The van der Waals surface area contributed by atoms with Crippen LogP contribution in [0.1, 0.15) is 25.0 Å². The van der Waals surface area contributed by atoms with Gasteiger partial charge in [0.2, 0.25) is 0 Å². The number of rotatable bonds is 8. The van der Waals surface area contributed by atoms with Crippen LogP contribution < -0.4 is 0 Å². The van der Waals surface area contributed by atoms with E-state index in [4.69, 9.17) is 9.97 Å². The minimum Gasteiger partial charge on any atom is -0.309 e. The van der Waals surface area contributed by atoms with E-state index in [1.807, 2.05) is 0 Å². The van der Waals surface area contributed by atoms with Crippen molar-refractivity contribution in [1.82, 2.24) is 19.1 Å². The summed E-state index contributed by atoms with van der Waals surface area (Å²) < 4.78 is 4.86. The predicted molar refractivity (Wildman–Crippen MR) is 321 cm³/mol. The lowest BCUT2D eigenvalue weighted by Gasteiger charge is -2.22. The number of nitrogens with zero attached hydrogens (tertiary/aromatic N) is 4. The third-order valence-electron chi connectivity index (χ3n) is 16.2. The Hall–Kier alpha value is -9.90. The molecule has 1 aliphatic carbocycles. The van der Waals surface area contributed by atoms with Gasteiger partial charge in [0.05, 0.1) is 33.5 Å². The fourth-order valence-corrected chi connectivity index (χ4v) is 12.3. The smallest absolute Gasteiger partial charge is 0.160 e. The van der Waals surface area contributed by atoms with Gasteiger partial charge in [-0.2, -0.15) is 0 Å². The van der Waals surface area contributed by atoms with Crippen LogP contribution in [0, 0.1) is 0 Å². The van der Waals surface area contributed by atoms with Gasteiger partial charge in [-0.25, -0.2) is 9.97 Å². The van der Waals surface area contributed by atoms with Crippen molar-refractivity contribution in [3.63, 3.8) is 0 Å². The van der Waals surface area contributed by atoms with E-state index >= 15 is 0 Å². The summed E-state index contributed by atoms with van der Waals surface area (Å²) in [6.45, 7) is 4.71. The SMILES string of the molecule is CC1(C)c2ccccc2-c2ccc(-n3c4ccccc4c4cc(-c5ccc6c7ccccc7n(-c7cccc(-c8nc(-c9ccc(-c%10ccccc%10)cc9)cc(-c9ccc(-c%10ccccc%10)cc9)n8)c7)c6c5)ccc43)cc21. The molecule has 362 valence electrons. The van der Waals surface area contributed by atoms with Crippen molar-refractivity contribution in [1.29, 1.82) is 0 Å². The molecule has 4 nitrogen and oxygen atoms in total. The molecule has 0 spiro atoms. The third-order valence-corrected chi connectivity index (χ3v) is 16.2. The lowest BCUT2D eigenvalue weighted by Crippen LogP contribution is -2.15. The zero-order valence-electron chi connectivity index (χ0n) is 42.7. The van der Waals surface area contributed by atoms with E-state index in [0.29, 0.717) is 5.82 Å². The van der Waals surface area contributed by atoms with Crippen LogP contribution in [0.2, 0.25) is 0 Å². The molecule has 0 aliphatic heterocycles. The van der Waals surface area contributed by atoms with Crippen LogP contribution in [0.4, 0.5) is 0 Å². The molecule has 0 bridgehead atoms. The van der Waals surface area contributed by atoms with Crippen molar-refractivity contribution in [2.45, 2.75) is 19.3 Å². The second-order valence-electron chi connectivity index (χ2n) is 21.0. The Bertz CT molecular complexity index is 4520. The normalized spacial score (nSPS) is 12.6. The van der Waals surface area contributed by atoms with Crippen molar-refractivity contribution in [3.8, 4) is 89.8 Å². The molecule has 3 aromatic heterocycles. The van der Waals surface area contributed by atoms with Gasteiger partial charge < -0.3 is 9.13 Å². The second-order valence-corrected chi connectivity index (χ2v) is 21.0. The lowest BCUT2D eigenvalue weighted by molar-refractivity contribution is 0.660. The van der Waals surface area contributed by atoms with Crippen LogP contribution >= 0.6 is 0 Å². The van der Waals surface area contributed by atoms with Gasteiger partial charge in [-0.15, -0.1) is 0 Å². The van der Waals surface area contributed by atoms with Crippen molar-refractivity contribution in [2.75, 3.05) is 0 Å². The van der Waals surface area contributed by atoms with Crippen molar-refractivity contribution < 1.29 is 0 Å². The van der Waals surface area contributed by atoms with Crippen LogP contribution in [-0.4, -0.2) is 19.1 Å². The highest BCUT2D eigenvalue weighted by molar-refractivity contribution is 6.12. The van der Waals surface area contributed by atoms with Gasteiger partial charge in [0.1, 0.15) is 0 Å². The van der Waals surface area contributed by atoms with E-state index < -0.39 is 0 Å². The zero-order chi connectivity index (χ0) is 51.2. The number of fused-ring (bicyclic) bond motifs is 9. The lowest BCUT2D eigenvalue weighted by atomic mass is 9.82. The van der Waals surface area contributed by atoms with Crippen LogP contribution in [-0.2, 0) is 5.41 Å².